The van der Waals surface area contributed by atoms with Crippen LogP contribution in [0.1, 0.15) is 39.5 Å². The van der Waals surface area contributed by atoms with Crippen molar-refractivity contribution in [2.75, 3.05) is 12.4 Å². The second kappa shape index (κ2) is 9.46. The number of rotatable bonds is 10. The fourth-order valence-corrected chi connectivity index (χ4v) is 5.01. The average Bonchev–Trinajstić information content (AvgIpc) is 2.40. The summed E-state index contributed by atoms with van der Waals surface area (Å²) in [6, 6.07) is 9.21. The van der Waals surface area contributed by atoms with Gasteiger partial charge in [-0.05, 0) is 36.9 Å². The van der Waals surface area contributed by atoms with Crippen LogP contribution < -0.4 is 4.52 Å². The number of para-hydroxylation sites is 1. The maximum absolute atomic E-state index is 12.5. The van der Waals surface area contributed by atoms with Gasteiger partial charge in [0.15, 0.2) is 0 Å². The maximum Gasteiger partial charge on any atom is 0.440 e. The summed E-state index contributed by atoms with van der Waals surface area (Å²) in [7, 11) is 0. The summed E-state index contributed by atoms with van der Waals surface area (Å²) in [6.45, 7) is 1.33. The summed E-state index contributed by atoms with van der Waals surface area (Å²) in [5.41, 5.74) is 0. The molecule has 1 aromatic carbocycles. The van der Waals surface area contributed by atoms with Crippen LogP contribution >= 0.6 is 18.2 Å². The van der Waals surface area contributed by atoms with Gasteiger partial charge in [-0.25, -0.2) is 4.57 Å². The second-order valence-electron chi connectivity index (χ2n) is 4.16. The summed E-state index contributed by atoms with van der Waals surface area (Å²) in [5, 5.41) is 0. The molecule has 0 aliphatic carbocycles. The van der Waals surface area contributed by atoms with Crippen LogP contribution in [0, 0.1) is 0 Å². The van der Waals surface area contributed by atoms with E-state index in [-0.39, 0.29) is 0 Å². The highest BCUT2D eigenvalue weighted by Gasteiger charge is 2.26. The normalized spacial score (nSPS) is 14.0. The highest BCUT2D eigenvalue weighted by Crippen LogP contribution is 2.60. The Hall–Kier alpha value is -0.440. The van der Waals surface area contributed by atoms with Gasteiger partial charge < -0.3 is 4.52 Å². The van der Waals surface area contributed by atoms with Crippen LogP contribution in [0.3, 0.4) is 0 Å². The Morgan fingerprint density at radius 3 is 2.47 bits per heavy atom. The molecule has 1 rings (SSSR count). The van der Waals surface area contributed by atoms with E-state index in [1.54, 1.807) is 12.1 Å². The van der Waals surface area contributed by atoms with E-state index in [0.717, 1.165) is 12.2 Å². The number of hydrogen-bond donors (Lipinski definition) is 0. The molecule has 0 fully saturated rings. The lowest BCUT2D eigenvalue weighted by Gasteiger charge is -2.17. The molecule has 1 unspecified atom stereocenters. The summed E-state index contributed by atoms with van der Waals surface area (Å²) < 4.78 is 23.4. The van der Waals surface area contributed by atoms with Gasteiger partial charge in [-0.1, -0.05) is 44.4 Å². The minimum Gasteiger partial charge on any atom is -0.417 e. The first-order valence-corrected chi connectivity index (χ1v) is 9.97. The fraction of sp³-hybridized carbons (Fsp3) is 0.571. The third kappa shape index (κ3) is 7.05. The van der Waals surface area contributed by atoms with Crippen molar-refractivity contribution in [1.29, 1.82) is 0 Å². The molecule has 19 heavy (non-hydrogen) atoms. The molecular formula is C14H23O3PS. The van der Waals surface area contributed by atoms with E-state index in [2.05, 4.69) is 6.92 Å². The monoisotopic (exact) mass is 302 g/mol. The predicted molar refractivity (Wildman–Crippen MR) is 82.9 cm³/mol. The number of hydrogen-bond acceptors (Lipinski definition) is 4. The molecule has 108 valence electrons. The maximum atomic E-state index is 12.5. The molecule has 5 heteroatoms. The minimum atomic E-state index is -3.07. The zero-order valence-corrected chi connectivity index (χ0v) is 13.4. The van der Waals surface area contributed by atoms with E-state index >= 15 is 0 Å². The Balaban J connectivity index is 2.47. The lowest BCUT2D eigenvalue weighted by molar-refractivity contribution is 0.296. The van der Waals surface area contributed by atoms with Gasteiger partial charge in [0, 0.05) is 5.75 Å². The molecule has 0 aliphatic rings. The van der Waals surface area contributed by atoms with Crippen LogP contribution in [-0.4, -0.2) is 12.4 Å². The second-order valence-corrected chi connectivity index (χ2v) is 8.28. The first-order chi connectivity index (χ1) is 9.20. The van der Waals surface area contributed by atoms with Gasteiger partial charge in [-0.3, -0.25) is 4.52 Å². The molecule has 1 atom stereocenters. The van der Waals surface area contributed by atoms with Gasteiger partial charge in [-0.2, -0.15) is 0 Å². The van der Waals surface area contributed by atoms with Gasteiger partial charge >= 0.3 is 6.80 Å². The van der Waals surface area contributed by atoms with Crippen molar-refractivity contribution in [2.24, 2.45) is 0 Å². The lowest BCUT2D eigenvalue weighted by Crippen LogP contribution is -1.96. The van der Waals surface area contributed by atoms with Gasteiger partial charge in [-0.15, -0.1) is 0 Å². The summed E-state index contributed by atoms with van der Waals surface area (Å²) in [4.78, 5) is 0. The van der Waals surface area contributed by atoms with E-state index in [0.29, 0.717) is 12.4 Å². The average molecular weight is 302 g/mol. The van der Waals surface area contributed by atoms with Crippen molar-refractivity contribution < 1.29 is 13.6 Å². The van der Waals surface area contributed by atoms with Crippen LogP contribution in [0.5, 0.6) is 5.75 Å². The van der Waals surface area contributed by atoms with Crippen molar-refractivity contribution in [1.82, 2.24) is 0 Å². The van der Waals surface area contributed by atoms with Gasteiger partial charge in [0.05, 0.1) is 6.61 Å². The van der Waals surface area contributed by atoms with E-state index in [1.165, 1.54) is 30.6 Å². The molecule has 0 heterocycles. The lowest BCUT2D eigenvalue weighted by atomic mass is 10.2. The smallest absolute Gasteiger partial charge is 0.417 e. The SMILES string of the molecule is CCCCCCSP(=O)(OCC)Oc1ccccc1. The molecule has 0 aromatic heterocycles. The highest BCUT2D eigenvalue weighted by molar-refractivity contribution is 8.55. The third-order valence-corrected chi connectivity index (χ3v) is 6.33. The van der Waals surface area contributed by atoms with Crippen molar-refractivity contribution in [2.45, 2.75) is 39.5 Å². The van der Waals surface area contributed by atoms with Gasteiger partial charge in [0.2, 0.25) is 0 Å². The Morgan fingerprint density at radius 2 is 1.84 bits per heavy atom. The number of unbranched alkanes of at least 4 members (excludes halogenated alkanes) is 3. The first kappa shape index (κ1) is 16.6. The van der Waals surface area contributed by atoms with E-state index in [1.807, 2.05) is 25.1 Å². The van der Waals surface area contributed by atoms with Crippen LogP contribution in [0.4, 0.5) is 0 Å². The molecule has 0 amide bonds. The molecule has 0 bridgehead atoms. The quantitative estimate of drug-likeness (QED) is 0.421. The van der Waals surface area contributed by atoms with Gasteiger partial charge in [0.1, 0.15) is 5.75 Å². The molecule has 0 saturated carbocycles. The van der Waals surface area contributed by atoms with Crippen molar-refractivity contribution in [3.05, 3.63) is 30.3 Å². The topological polar surface area (TPSA) is 35.5 Å². The van der Waals surface area contributed by atoms with Crippen LogP contribution in [-0.2, 0) is 9.09 Å². The molecule has 1 aromatic rings. The summed E-state index contributed by atoms with van der Waals surface area (Å²) in [5.74, 6) is 1.41. The largest absolute Gasteiger partial charge is 0.440 e. The molecule has 3 nitrogen and oxygen atoms in total. The zero-order valence-electron chi connectivity index (χ0n) is 11.7. The van der Waals surface area contributed by atoms with Crippen molar-refractivity contribution in [3.63, 3.8) is 0 Å². The van der Waals surface area contributed by atoms with Crippen molar-refractivity contribution in [3.8, 4) is 5.75 Å². The third-order valence-electron chi connectivity index (χ3n) is 2.49. The van der Waals surface area contributed by atoms with Gasteiger partial charge in [0.25, 0.3) is 0 Å². The summed E-state index contributed by atoms with van der Waals surface area (Å²) >= 11 is 1.30. The Kier molecular flexibility index (Phi) is 8.27. The zero-order chi connectivity index (χ0) is 14.0. The Bertz CT molecular complexity index is 384. The molecule has 0 spiro atoms. The molecule has 0 N–H and O–H groups in total. The molecule has 0 saturated heterocycles. The Morgan fingerprint density at radius 1 is 1.11 bits per heavy atom. The van der Waals surface area contributed by atoms with E-state index in [9.17, 15) is 4.57 Å². The molecule has 0 aliphatic heterocycles. The van der Waals surface area contributed by atoms with E-state index < -0.39 is 6.80 Å². The fourth-order valence-electron chi connectivity index (χ4n) is 1.56. The molecular weight excluding hydrogens is 279 g/mol. The Labute approximate surface area is 120 Å². The van der Waals surface area contributed by atoms with E-state index in [4.69, 9.17) is 9.05 Å². The standard InChI is InChI=1S/C14H23O3PS/c1-3-5-6-10-13-19-18(15,16-4-2)17-14-11-8-7-9-12-14/h7-9,11-12H,3-6,10,13H2,1-2H3. The highest BCUT2D eigenvalue weighted by atomic mass is 32.7. The number of benzene rings is 1. The van der Waals surface area contributed by atoms with Crippen LogP contribution in [0.2, 0.25) is 0 Å². The summed E-state index contributed by atoms with van der Waals surface area (Å²) in [6.07, 6.45) is 4.64. The predicted octanol–water partition coefficient (Wildman–Crippen LogP) is 5.52. The van der Waals surface area contributed by atoms with Crippen molar-refractivity contribution >= 4 is 18.2 Å². The van der Waals surface area contributed by atoms with Crippen LogP contribution in [0.15, 0.2) is 30.3 Å². The minimum absolute atomic E-state index is 0.395. The molecule has 0 radical (unpaired) electrons. The first-order valence-electron chi connectivity index (χ1n) is 6.84. The van der Waals surface area contributed by atoms with Crippen LogP contribution in [0.25, 0.3) is 0 Å².